The number of aromatic hydroxyl groups is 1. The number of nitrogens with zero attached hydrogens (tertiary/aromatic N) is 5. The quantitative estimate of drug-likeness (QED) is 0.647. The molecule has 1 fully saturated rings. The summed E-state index contributed by atoms with van der Waals surface area (Å²) in [5.74, 6) is -1.42. The van der Waals surface area contributed by atoms with Crippen LogP contribution in [0.3, 0.4) is 0 Å². The van der Waals surface area contributed by atoms with Gasteiger partial charge in [0.2, 0.25) is 11.8 Å². The van der Waals surface area contributed by atoms with Crippen molar-refractivity contribution in [1.82, 2.24) is 24.8 Å². The van der Waals surface area contributed by atoms with Crippen molar-refractivity contribution >= 4 is 23.4 Å². The molecule has 158 valence electrons. The van der Waals surface area contributed by atoms with Crippen molar-refractivity contribution in [2.24, 2.45) is 0 Å². The second-order valence-corrected chi connectivity index (χ2v) is 7.09. The van der Waals surface area contributed by atoms with Gasteiger partial charge in [-0.05, 0) is 43.7 Å². The Hall–Kier alpha value is -3.92. The van der Waals surface area contributed by atoms with E-state index >= 15 is 0 Å². The molecule has 1 unspecified atom stereocenters. The van der Waals surface area contributed by atoms with Crippen LogP contribution in [-0.2, 0) is 9.59 Å². The predicted molar refractivity (Wildman–Crippen MR) is 110 cm³/mol. The van der Waals surface area contributed by atoms with Crippen molar-refractivity contribution in [3.05, 3.63) is 54.7 Å². The van der Waals surface area contributed by atoms with Gasteiger partial charge in [0, 0.05) is 31.1 Å². The van der Waals surface area contributed by atoms with Gasteiger partial charge in [-0.3, -0.25) is 19.0 Å². The summed E-state index contributed by atoms with van der Waals surface area (Å²) in [6.45, 7) is 2.10. The molecule has 3 heterocycles. The number of hydrogen-bond donors (Lipinski definition) is 2. The minimum absolute atomic E-state index is 0.0595. The highest BCUT2D eigenvalue weighted by atomic mass is 16.3. The molecular formula is C21H20N6O4. The molecule has 1 aliphatic heterocycles. The van der Waals surface area contributed by atoms with Crippen molar-refractivity contribution < 1.29 is 19.5 Å². The molecular weight excluding hydrogens is 400 g/mol. The zero-order valence-corrected chi connectivity index (χ0v) is 16.7. The first-order chi connectivity index (χ1) is 15.0. The molecule has 0 bridgehead atoms. The van der Waals surface area contributed by atoms with E-state index in [1.807, 2.05) is 0 Å². The molecule has 10 nitrogen and oxygen atoms in total. The number of hydrogen-bond acceptors (Lipinski definition) is 8. The fourth-order valence-corrected chi connectivity index (χ4v) is 3.46. The average Bonchev–Trinajstić information content (AvgIpc) is 3.48. The molecule has 0 radical (unpaired) electrons. The fourth-order valence-electron chi connectivity index (χ4n) is 3.46. The molecule has 1 atom stereocenters. The maximum atomic E-state index is 12.7. The number of nitrogens with one attached hydrogen (secondary N) is 1. The van der Waals surface area contributed by atoms with Gasteiger partial charge in [0.1, 0.15) is 11.9 Å². The van der Waals surface area contributed by atoms with E-state index in [4.69, 9.17) is 0 Å². The second-order valence-electron chi connectivity index (χ2n) is 7.09. The Balaban J connectivity index is 1.57. The SMILES string of the molecule is CC(=O)N(C(=O)C1CCCN1)c1ccc(-c2ncc(C(=O)n3ccnc3)c(O)n2)cc1. The normalized spacial score (nSPS) is 15.6. The molecule has 0 spiro atoms. The topological polar surface area (TPSA) is 130 Å². The largest absolute Gasteiger partial charge is 0.493 e. The summed E-state index contributed by atoms with van der Waals surface area (Å²) in [5.41, 5.74) is 0.928. The number of carbonyl (C=O) groups is 3. The van der Waals surface area contributed by atoms with Crippen LogP contribution in [0.4, 0.5) is 5.69 Å². The summed E-state index contributed by atoms with van der Waals surface area (Å²) in [6.07, 6.45) is 7.04. The highest BCUT2D eigenvalue weighted by Gasteiger charge is 2.30. The lowest BCUT2D eigenvalue weighted by Gasteiger charge is -2.23. The van der Waals surface area contributed by atoms with Gasteiger partial charge in [-0.2, -0.15) is 4.98 Å². The van der Waals surface area contributed by atoms with E-state index in [2.05, 4.69) is 20.3 Å². The lowest BCUT2D eigenvalue weighted by molar-refractivity contribution is -0.126. The maximum Gasteiger partial charge on any atom is 0.270 e. The van der Waals surface area contributed by atoms with Crippen LogP contribution in [-0.4, -0.2) is 54.9 Å². The molecule has 3 aromatic rings. The summed E-state index contributed by atoms with van der Waals surface area (Å²) in [6, 6.07) is 6.16. The van der Waals surface area contributed by atoms with Gasteiger partial charge >= 0.3 is 0 Å². The molecule has 2 aromatic heterocycles. The van der Waals surface area contributed by atoms with Crippen molar-refractivity contribution in [2.45, 2.75) is 25.8 Å². The summed E-state index contributed by atoms with van der Waals surface area (Å²) in [7, 11) is 0. The monoisotopic (exact) mass is 420 g/mol. The zero-order valence-electron chi connectivity index (χ0n) is 16.7. The number of rotatable bonds is 4. The van der Waals surface area contributed by atoms with Crippen LogP contribution in [0.2, 0.25) is 0 Å². The zero-order chi connectivity index (χ0) is 22.0. The first kappa shape index (κ1) is 20.4. The number of aromatic nitrogens is 4. The van der Waals surface area contributed by atoms with Gasteiger partial charge in [-0.25, -0.2) is 14.9 Å². The number of anilines is 1. The Bertz CT molecular complexity index is 1120. The number of carbonyl (C=O) groups excluding carboxylic acids is 3. The molecule has 1 aromatic carbocycles. The van der Waals surface area contributed by atoms with Crippen molar-refractivity contribution in [3.63, 3.8) is 0 Å². The first-order valence-corrected chi connectivity index (χ1v) is 9.72. The fraction of sp³-hybridized carbons (Fsp3) is 0.238. The molecule has 2 amide bonds. The molecule has 0 aliphatic carbocycles. The Morgan fingerprint density at radius 3 is 2.58 bits per heavy atom. The Kier molecular flexibility index (Phi) is 5.54. The van der Waals surface area contributed by atoms with E-state index in [1.54, 1.807) is 24.3 Å². The highest BCUT2D eigenvalue weighted by molar-refractivity contribution is 6.16. The standard InChI is InChI=1S/C21H20N6O4/c1-13(28)27(21(31)17-3-2-8-23-17)15-6-4-14(5-7-15)18-24-11-16(19(29)25-18)20(30)26-10-9-22-12-26/h4-7,9-12,17,23H,2-3,8H2,1H3,(H,24,25,29). The lowest BCUT2D eigenvalue weighted by Crippen LogP contribution is -2.46. The third kappa shape index (κ3) is 4.05. The summed E-state index contributed by atoms with van der Waals surface area (Å²) in [5, 5.41) is 13.3. The number of imidazole rings is 1. The molecule has 2 N–H and O–H groups in total. The maximum absolute atomic E-state index is 12.7. The van der Waals surface area contributed by atoms with Crippen LogP contribution in [0, 0.1) is 0 Å². The first-order valence-electron chi connectivity index (χ1n) is 9.72. The van der Waals surface area contributed by atoms with Crippen LogP contribution >= 0.6 is 0 Å². The summed E-state index contributed by atoms with van der Waals surface area (Å²) in [4.78, 5) is 50.3. The Morgan fingerprint density at radius 2 is 2.00 bits per heavy atom. The Morgan fingerprint density at radius 1 is 1.23 bits per heavy atom. The minimum atomic E-state index is -0.506. The van der Waals surface area contributed by atoms with Crippen LogP contribution < -0.4 is 10.2 Å². The Labute approximate surface area is 177 Å². The van der Waals surface area contributed by atoms with Crippen LogP contribution in [0.5, 0.6) is 5.88 Å². The van der Waals surface area contributed by atoms with E-state index < -0.39 is 11.8 Å². The van der Waals surface area contributed by atoms with E-state index in [0.717, 1.165) is 17.9 Å². The third-order valence-corrected chi connectivity index (χ3v) is 5.02. The molecule has 31 heavy (non-hydrogen) atoms. The number of imide groups is 1. The summed E-state index contributed by atoms with van der Waals surface area (Å²) < 4.78 is 1.21. The molecule has 1 aliphatic rings. The van der Waals surface area contributed by atoms with E-state index in [9.17, 15) is 19.5 Å². The van der Waals surface area contributed by atoms with Crippen molar-refractivity contribution in [1.29, 1.82) is 0 Å². The van der Waals surface area contributed by atoms with Gasteiger partial charge in [0.15, 0.2) is 5.82 Å². The van der Waals surface area contributed by atoms with Crippen LogP contribution in [0.1, 0.15) is 30.1 Å². The lowest BCUT2D eigenvalue weighted by atomic mass is 10.1. The number of benzene rings is 1. The smallest absolute Gasteiger partial charge is 0.270 e. The van der Waals surface area contributed by atoms with Crippen LogP contribution in [0.15, 0.2) is 49.2 Å². The minimum Gasteiger partial charge on any atom is -0.493 e. The van der Waals surface area contributed by atoms with E-state index in [-0.39, 0.29) is 29.2 Å². The molecule has 4 rings (SSSR count). The average molecular weight is 420 g/mol. The van der Waals surface area contributed by atoms with Crippen molar-refractivity contribution in [2.75, 3.05) is 11.4 Å². The van der Waals surface area contributed by atoms with E-state index in [0.29, 0.717) is 17.7 Å². The molecule has 0 saturated carbocycles. The third-order valence-electron chi connectivity index (χ3n) is 5.02. The van der Waals surface area contributed by atoms with Gasteiger partial charge in [-0.15, -0.1) is 0 Å². The van der Waals surface area contributed by atoms with Gasteiger partial charge in [-0.1, -0.05) is 0 Å². The highest BCUT2D eigenvalue weighted by Crippen LogP contribution is 2.25. The summed E-state index contributed by atoms with van der Waals surface area (Å²) >= 11 is 0. The van der Waals surface area contributed by atoms with Gasteiger partial charge < -0.3 is 10.4 Å². The predicted octanol–water partition coefficient (Wildman–Crippen LogP) is 1.37. The van der Waals surface area contributed by atoms with Gasteiger partial charge in [0.05, 0.1) is 11.7 Å². The molecule has 1 saturated heterocycles. The van der Waals surface area contributed by atoms with Crippen LogP contribution in [0.25, 0.3) is 11.4 Å². The van der Waals surface area contributed by atoms with Gasteiger partial charge in [0.25, 0.3) is 11.8 Å². The van der Waals surface area contributed by atoms with E-state index in [1.165, 1.54) is 36.4 Å². The number of amides is 2. The van der Waals surface area contributed by atoms with Crippen molar-refractivity contribution in [3.8, 4) is 17.3 Å². The second kappa shape index (κ2) is 8.44. The molecule has 10 heteroatoms.